The van der Waals surface area contributed by atoms with Crippen molar-refractivity contribution in [2.75, 3.05) is 13.7 Å². The summed E-state index contributed by atoms with van der Waals surface area (Å²) in [5.41, 5.74) is 1.12. The third-order valence-corrected chi connectivity index (χ3v) is 7.77. The molecule has 0 atom stereocenters. The number of hydrogen-bond donors (Lipinski definition) is 1. The molecule has 2 aromatic rings. The van der Waals surface area contributed by atoms with Gasteiger partial charge in [0.25, 0.3) is 0 Å². The summed E-state index contributed by atoms with van der Waals surface area (Å²) in [7, 11) is 1.70. The van der Waals surface area contributed by atoms with Crippen LogP contribution in [0.1, 0.15) is 38.5 Å². The lowest BCUT2D eigenvalue weighted by Gasteiger charge is -2.56. The van der Waals surface area contributed by atoms with Crippen LogP contribution in [-0.2, 0) is 11.3 Å². The molecule has 0 spiro atoms. The predicted molar refractivity (Wildman–Crippen MR) is 107 cm³/mol. The van der Waals surface area contributed by atoms with Crippen LogP contribution in [0.4, 0.5) is 4.79 Å². The summed E-state index contributed by atoms with van der Waals surface area (Å²) >= 11 is 1.57. The third-order valence-electron chi connectivity index (χ3n) is 6.71. The molecule has 4 aliphatic rings. The van der Waals surface area contributed by atoms with E-state index in [2.05, 4.69) is 27.0 Å². The maximum absolute atomic E-state index is 12.9. The minimum Gasteiger partial charge on any atom is -0.383 e. The Labute approximate surface area is 163 Å². The number of urea groups is 1. The number of nitrogens with zero attached hydrogens (tertiary/aromatic N) is 2. The van der Waals surface area contributed by atoms with E-state index in [1.165, 1.54) is 19.3 Å². The molecule has 1 aromatic heterocycles. The Morgan fingerprint density at radius 2 is 1.89 bits per heavy atom. The molecule has 5 nitrogen and oxygen atoms in total. The van der Waals surface area contributed by atoms with Crippen LogP contribution in [0.25, 0.3) is 10.2 Å². The van der Waals surface area contributed by atoms with E-state index in [0.29, 0.717) is 13.2 Å². The molecule has 0 aliphatic heterocycles. The van der Waals surface area contributed by atoms with E-state index in [1.54, 1.807) is 18.4 Å². The van der Waals surface area contributed by atoms with Crippen molar-refractivity contribution < 1.29 is 9.53 Å². The number of nitrogens with one attached hydrogen (secondary N) is 1. The van der Waals surface area contributed by atoms with Crippen LogP contribution in [0.15, 0.2) is 29.3 Å². The van der Waals surface area contributed by atoms with Crippen molar-refractivity contribution in [1.29, 1.82) is 0 Å². The average molecular weight is 386 g/mol. The summed E-state index contributed by atoms with van der Waals surface area (Å²) in [5.74, 6) is 2.44. The van der Waals surface area contributed by atoms with Gasteiger partial charge in [-0.15, -0.1) is 0 Å². The lowest BCUT2D eigenvalue weighted by Crippen LogP contribution is -2.59. The Kier molecular flexibility index (Phi) is 4.36. The average Bonchev–Trinajstić information content (AvgIpc) is 2.95. The SMILES string of the molecule is COCCn1/c(=N/C(=O)NC23CC4CC(CC(C4)C2)C3)sc2ccccc21. The lowest BCUT2D eigenvalue weighted by molar-refractivity contribution is -0.0130. The van der Waals surface area contributed by atoms with E-state index >= 15 is 0 Å². The summed E-state index contributed by atoms with van der Waals surface area (Å²) in [6.07, 6.45) is 7.57. The molecule has 4 fully saturated rings. The zero-order valence-electron chi connectivity index (χ0n) is 15.8. The van der Waals surface area contributed by atoms with Crippen LogP contribution in [0.3, 0.4) is 0 Å². The van der Waals surface area contributed by atoms with Crippen LogP contribution in [0.2, 0.25) is 0 Å². The normalized spacial score (nSPS) is 32.3. The van der Waals surface area contributed by atoms with E-state index in [0.717, 1.165) is 52.0 Å². The zero-order valence-corrected chi connectivity index (χ0v) is 16.6. The van der Waals surface area contributed by atoms with Gasteiger partial charge < -0.3 is 14.6 Å². The minimum atomic E-state index is -0.172. The van der Waals surface area contributed by atoms with Gasteiger partial charge in [-0.05, 0) is 68.4 Å². The molecule has 144 valence electrons. The van der Waals surface area contributed by atoms with Crippen molar-refractivity contribution in [2.45, 2.75) is 50.6 Å². The fourth-order valence-corrected chi connectivity index (χ4v) is 7.16. The van der Waals surface area contributed by atoms with Gasteiger partial charge in [0.2, 0.25) is 0 Å². The number of ether oxygens (including phenoxy) is 1. The highest BCUT2D eigenvalue weighted by molar-refractivity contribution is 7.16. The Hall–Kier alpha value is -1.66. The number of benzene rings is 1. The summed E-state index contributed by atoms with van der Waals surface area (Å²) < 4.78 is 8.50. The van der Waals surface area contributed by atoms with Crippen LogP contribution in [0.5, 0.6) is 0 Å². The molecule has 4 bridgehead atoms. The number of thiazole rings is 1. The number of hydrogen-bond acceptors (Lipinski definition) is 3. The maximum Gasteiger partial charge on any atom is 0.344 e. The van der Waals surface area contributed by atoms with E-state index in [-0.39, 0.29) is 11.6 Å². The number of carbonyl (C=O) groups excluding carboxylic acids is 1. The second-order valence-electron chi connectivity index (χ2n) is 8.74. The zero-order chi connectivity index (χ0) is 18.4. The highest BCUT2D eigenvalue weighted by Gasteiger charge is 2.51. The molecule has 6 heteroatoms. The molecule has 1 N–H and O–H groups in total. The molecule has 0 unspecified atom stereocenters. The van der Waals surface area contributed by atoms with Crippen LogP contribution >= 0.6 is 11.3 Å². The fourth-order valence-electron chi connectivity index (χ4n) is 6.11. The van der Waals surface area contributed by atoms with E-state index in [9.17, 15) is 4.79 Å². The summed E-state index contributed by atoms with van der Waals surface area (Å²) in [5, 5.41) is 3.36. The van der Waals surface area contributed by atoms with Crippen LogP contribution in [0, 0.1) is 17.8 Å². The maximum atomic E-state index is 12.9. The Morgan fingerprint density at radius 3 is 2.56 bits per heavy atom. The van der Waals surface area contributed by atoms with Gasteiger partial charge in [-0.1, -0.05) is 23.5 Å². The topological polar surface area (TPSA) is 55.6 Å². The number of amides is 2. The standard InChI is InChI=1S/C21H27N3O2S/c1-26-7-6-24-17-4-2-3-5-18(17)27-20(24)22-19(25)23-21-11-14-8-15(12-21)10-16(9-14)13-21/h2-5,14-16H,6-13H2,1H3,(H,23,25)/b22-20-. The first-order valence-electron chi connectivity index (χ1n) is 10.1. The molecular formula is C21H27N3O2S. The van der Waals surface area contributed by atoms with Gasteiger partial charge in [-0.3, -0.25) is 0 Å². The first-order chi connectivity index (χ1) is 13.1. The number of carbonyl (C=O) groups is 1. The van der Waals surface area contributed by atoms with Crippen molar-refractivity contribution in [2.24, 2.45) is 22.7 Å². The van der Waals surface area contributed by atoms with Gasteiger partial charge >= 0.3 is 6.03 Å². The largest absolute Gasteiger partial charge is 0.383 e. The molecule has 2 amide bonds. The van der Waals surface area contributed by atoms with Crippen molar-refractivity contribution in [3.63, 3.8) is 0 Å². The molecule has 1 aromatic carbocycles. The number of fused-ring (bicyclic) bond motifs is 1. The fraction of sp³-hybridized carbons (Fsp3) is 0.619. The lowest BCUT2D eigenvalue weighted by atomic mass is 9.53. The predicted octanol–water partition coefficient (Wildman–Crippen LogP) is 3.93. The number of rotatable bonds is 4. The number of methoxy groups -OCH3 is 1. The second kappa shape index (κ2) is 6.74. The highest BCUT2D eigenvalue weighted by Crippen LogP contribution is 2.55. The molecule has 0 radical (unpaired) electrons. The molecule has 27 heavy (non-hydrogen) atoms. The first kappa shape index (κ1) is 17.4. The smallest absolute Gasteiger partial charge is 0.344 e. The highest BCUT2D eigenvalue weighted by atomic mass is 32.1. The van der Waals surface area contributed by atoms with Gasteiger partial charge in [0.05, 0.1) is 16.8 Å². The summed E-state index contributed by atoms with van der Waals surface area (Å²) in [6, 6.07) is 8.04. The second-order valence-corrected chi connectivity index (χ2v) is 9.75. The molecule has 1 heterocycles. The number of para-hydroxylation sites is 1. The van der Waals surface area contributed by atoms with E-state index in [4.69, 9.17) is 4.74 Å². The summed E-state index contributed by atoms with van der Waals surface area (Å²) in [4.78, 5) is 18.1. The molecule has 0 saturated heterocycles. The third kappa shape index (κ3) is 3.23. The van der Waals surface area contributed by atoms with Crippen LogP contribution in [-0.4, -0.2) is 29.9 Å². The first-order valence-corrected chi connectivity index (χ1v) is 10.9. The van der Waals surface area contributed by atoms with Gasteiger partial charge in [0.1, 0.15) is 0 Å². The van der Waals surface area contributed by atoms with Gasteiger partial charge in [-0.2, -0.15) is 4.99 Å². The minimum absolute atomic E-state index is 0.00335. The Balaban J connectivity index is 1.43. The van der Waals surface area contributed by atoms with Gasteiger partial charge in [-0.25, -0.2) is 4.79 Å². The molecule has 4 aliphatic carbocycles. The van der Waals surface area contributed by atoms with E-state index in [1.807, 2.05) is 12.1 Å². The van der Waals surface area contributed by atoms with Crippen molar-refractivity contribution in [3.8, 4) is 0 Å². The van der Waals surface area contributed by atoms with Gasteiger partial charge in [0.15, 0.2) is 4.80 Å². The van der Waals surface area contributed by atoms with Crippen LogP contribution < -0.4 is 10.1 Å². The molecule has 4 saturated carbocycles. The quantitative estimate of drug-likeness (QED) is 0.867. The van der Waals surface area contributed by atoms with E-state index < -0.39 is 0 Å². The number of aromatic nitrogens is 1. The molecular weight excluding hydrogens is 358 g/mol. The van der Waals surface area contributed by atoms with Crippen molar-refractivity contribution in [3.05, 3.63) is 29.1 Å². The van der Waals surface area contributed by atoms with Gasteiger partial charge in [0, 0.05) is 19.2 Å². The monoisotopic (exact) mass is 385 g/mol. The Morgan fingerprint density at radius 1 is 1.22 bits per heavy atom. The summed E-state index contributed by atoms with van der Waals surface area (Å²) in [6.45, 7) is 1.30. The Bertz CT molecular complexity index is 894. The molecule has 6 rings (SSSR count). The van der Waals surface area contributed by atoms with Crippen molar-refractivity contribution in [1.82, 2.24) is 9.88 Å². The van der Waals surface area contributed by atoms with Crippen molar-refractivity contribution >= 4 is 27.6 Å².